The second kappa shape index (κ2) is 8.49. The van der Waals surface area contributed by atoms with Crippen LogP contribution >= 0.6 is 11.8 Å². The first-order chi connectivity index (χ1) is 13.2. The van der Waals surface area contributed by atoms with Crippen molar-refractivity contribution in [2.75, 3.05) is 39.0 Å². The molecular weight excluding hydrogens is 364 g/mol. The van der Waals surface area contributed by atoms with Crippen molar-refractivity contribution in [1.82, 2.24) is 19.9 Å². The molecule has 1 amide bonds. The van der Waals surface area contributed by atoms with Crippen LogP contribution in [0.5, 0.6) is 0 Å². The van der Waals surface area contributed by atoms with Crippen LogP contribution in [-0.2, 0) is 21.8 Å². The number of likely N-dealkylation sites (tertiary alicyclic amines) is 2. The molecule has 0 aromatic carbocycles. The smallest absolute Gasteiger partial charge is 0.240 e. The third kappa shape index (κ3) is 4.66. The number of amides is 1. The highest BCUT2D eigenvalue weighted by molar-refractivity contribution is 7.97. The number of piperidine rings is 2. The molecule has 4 rings (SSSR count). The second-order valence-electron chi connectivity index (χ2n) is 8.22. The van der Waals surface area contributed by atoms with Gasteiger partial charge in [0.05, 0.1) is 18.4 Å². The van der Waals surface area contributed by atoms with Crippen LogP contribution in [0, 0.1) is 5.41 Å². The Morgan fingerprint density at radius 2 is 2.15 bits per heavy atom. The van der Waals surface area contributed by atoms with Crippen LogP contribution in [0.2, 0.25) is 0 Å². The number of hydrogen-bond donors (Lipinski definition) is 0. The van der Waals surface area contributed by atoms with Gasteiger partial charge in [-0.05, 0) is 56.9 Å². The fraction of sp³-hybridized carbons (Fsp3) is 0.842. The highest BCUT2D eigenvalue weighted by Crippen LogP contribution is 2.40. The topological polar surface area (TPSA) is 71.7 Å². The Morgan fingerprint density at radius 3 is 2.89 bits per heavy atom. The molecule has 1 aromatic heterocycles. The van der Waals surface area contributed by atoms with Crippen molar-refractivity contribution in [2.24, 2.45) is 5.41 Å². The van der Waals surface area contributed by atoms with Gasteiger partial charge in [0, 0.05) is 26.1 Å². The predicted molar refractivity (Wildman–Crippen MR) is 103 cm³/mol. The van der Waals surface area contributed by atoms with E-state index in [9.17, 15) is 4.79 Å². The number of thioether (sulfide) groups is 1. The zero-order valence-corrected chi connectivity index (χ0v) is 17.0. The van der Waals surface area contributed by atoms with E-state index in [1.165, 1.54) is 0 Å². The summed E-state index contributed by atoms with van der Waals surface area (Å²) < 4.78 is 11.1. The highest BCUT2D eigenvalue weighted by Gasteiger charge is 2.41. The van der Waals surface area contributed by atoms with E-state index >= 15 is 0 Å². The zero-order chi connectivity index (χ0) is 18.7. The van der Waals surface area contributed by atoms with E-state index in [1.54, 1.807) is 11.8 Å². The molecule has 8 heteroatoms. The SMILES string of the molecule is CSCc1noc(CN2CCC3(CCC(=O)N(C[C@@H]4CCCO4)C3)CC2)n1. The Hall–Kier alpha value is -1.12. The standard InChI is InChI=1S/C19H30N4O3S/c1-27-13-16-20-17(26-21-16)12-22-8-6-19(7-9-22)5-4-18(24)23(14-19)11-15-3-2-10-25-15/h15H,2-14H2,1H3/t15-/m0/s1. The lowest BCUT2D eigenvalue weighted by atomic mass is 9.72. The number of carbonyl (C=O) groups is 1. The van der Waals surface area contributed by atoms with Gasteiger partial charge >= 0.3 is 0 Å². The molecule has 0 saturated carbocycles. The maximum Gasteiger partial charge on any atom is 0.240 e. The summed E-state index contributed by atoms with van der Waals surface area (Å²) in [6, 6.07) is 0. The number of aromatic nitrogens is 2. The average Bonchev–Trinajstić information content (AvgIpc) is 3.33. The molecule has 1 spiro atoms. The van der Waals surface area contributed by atoms with Crippen molar-refractivity contribution in [2.45, 2.75) is 56.9 Å². The minimum absolute atomic E-state index is 0.247. The van der Waals surface area contributed by atoms with Gasteiger partial charge in [0.1, 0.15) is 0 Å². The molecule has 0 unspecified atom stereocenters. The quantitative estimate of drug-likeness (QED) is 0.733. The summed E-state index contributed by atoms with van der Waals surface area (Å²) in [5.41, 5.74) is 0.280. The summed E-state index contributed by atoms with van der Waals surface area (Å²) >= 11 is 1.70. The first-order valence-electron chi connectivity index (χ1n) is 10.1. The van der Waals surface area contributed by atoms with Gasteiger partial charge in [0.25, 0.3) is 0 Å². The molecular formula is C19H30N4O3S. The van der Waals surface area contributed by atoms with Crippen molar-refractivity contribution < 1.29 is 14.1 Å². The Kier molecular flexibility index (Phi) is 6.04. The van der Waals surface area contributed by atoms with Gasteiger partial charge in [-0.15, -0.1) is 0 Å². The summed E-state index contributed by atoms with van der Waals surface area (Å²) in [6.45, 7) is 5.32. The number of rotatable bonds is 6. The number of hydrogen-bond acceptors (Lipinski definition) is 7. The predicted octanol–water partition coefficient (Wildman–Crippen LogP) is 2.32. The molecule has 1 atom stereocenters. The van der Waals surface area contributed by atoms with Crippen molar-refractivity contribution >= 4 is 17.7 Å². The van der Waals surface area contributed by atoms with Crippen LogP contribution in [-0.4, -0.2) is 71.0 Å². The summed E-state index contributed by atoms with van der Waals surface area (Å²) in [4.78, 5) is 21.4. The van der Waals surface area contributed by atoms with Gasteiger partial charge in [-0.3, -0.25) is 9.69 Å². The Bertz CT molecular complexity index is 639. The molecule has 27 heavy (non-hydrogen) atoms. The normalized spacial score (nSPS) is 26.2. The Morgan fingerprint density at radius 1 is 1.30 bits per heavy atom. The molecule has 4 heterocycles. The van der Waals surface area contributed by atoms with E-state index in [2.05, 4.69) is 19.9 Å². The van der Waals surface area contributed by atoms with Crippen LogP contribution in [0.15, 0.2) is 4.52 Å². The average molecular weight is 395 g/mol. The number of ether oxygens (including phenoxy) is 1. The molecule has 3 saturated heterocycles. The molecule has 150 valence electrons. The summed E-state index contributed by atoms with van der Waals surface area (Å²) in [6.07, 6.45) is 8.49. The maximum absolute atomic E-state index is 12.4. The zero-order valence-electron chi connectivity index (χ0n) is 16.2. The minimum Gasteiger partial charge on any atom is -0.376 e. The van der Waals surface area contributed by atoms with Gasteiger partial charge < -0.3 is 14.2 Å². The lowest BCUT2D eigenvalue weighted by Gasteiger charge is -2.47. The molecule has 7 nitrogen and oxygen atoms in total. The van der Waals surface area contributed by atoms with Gasteiger partial charge in [-0.25, -0.2) is 0 Å². The fourth-order valence-electron chi connectivity index (χ4n) is 4.63. The minimum atomic E-state index is 0.247. The van der Waals surface area contributed by atoms with Crippen molar-refractivity contribution in [3.8, 4) is 0 Å². The van der Waals surface area contributed by atoms with E-state index in [-0.39, 0.29) is 11.5 Å². The third-order valence-electron chi connectivity index (χ3n) is 6.26. The molecule has 0 aliphatic carbocycles. The summed E-state index contributed by atoms with van der Waals surface area (Å²) in [5.74, 6) is 2.60. The van der Waals surface area contributed by atoms with E-state index < -0.39 is 0 Å². The lowest BCUT2D eigenvalue weighted by Crippen LogP contribution is -2.52. The first kappa shape index (κ1) is 19.2. The molecule has 0 radical (unpaired) electrons. The monoisotopic (exact) mass is 394 g/mol. The van der Waals surface area contributed by atoms with E-state index in [4.69, 9.17) is 9.26 Å². The van der Waals surface area contributed by atoms with Crippen LogP contribution in [0.4, 0.5) is 0 Å². The van der Waals surface area contributed by atoms with Crippen molar-refractivity contribution in [3.63, 3.8) is 0 Å². The number of carbonyl (C=O) groups excluding carboxylic acids is 1. The fourth-order valence-corrected chi connectivity index (χ4v) is 5.01. The van der Waals surface area contributed by atoms with Crippen LogP contribution in [0.3, 0.4) is 0 Å². The molecule has 3 aliphatic rings. The third-order valence-corrected chi connectivity index (χ3v) is 6.80. The second-order valence-corrected chi connectivity index (χ2v) is 9.09. The van der Waals surface area contributed by atoms with Crippen molar-refractivity contribution in [3.05, 3.63) is 11.7 Å². The van der Waals surface area contributed by atoms with Crippen LogP contribution in [0.1, 0.15) is 50.2 Å². The van der Waals surface area contributed by atoms with E-state index in [0.717, 1.165) is 83.0 Å². The first-order valence-corrected chi connectivity index (χ1v) is 11.5. The van der Waals surface area contributed by atoms with Crippen molar-refractivity contribution in [1.29, 1.82) is 0 Å². The van der Waals surface area contributed by atoms with Gasteiger partial charge in [-0.2, -0.15) is 16.7 Å². The summed E-state index contributed by atoms with van der Waals surface area (Å²) in [5, 5.41) is 4.03. The van der Waals surface area contributed by atoms with E-state index in [0.29, 0.717) is 18.2 Å². The van der Waals surface area contributed by atoms with Crippen LogP contribution < -0.4 is 0 Å². The van der Waals surface area contributed by atoms with Gasteiger partial charge in [0.15, 0.2) is 5.82 Å². The van der Waals surface area contributed by atoms with Gasteiger partial charge in [-0.1, -0.05) is 5.16 Å². The molecule has 3 aliphatic heterocycles. The molecule has 1 aromatic rings. The van der Waals surface area contributed by atoms with Gasteiger partial charge in [0.2, 0.25) is 11.8 Å². The molecule has 3 fully saturated rings. The maximum atomic E-state index is 12.4. The Balaban J connectivity index is 1.29. The molecule has 0 bridgehead atoms. The highest BCUT2D eigenvalue weighted by atomic mass is 32.2. The summed E-state index contributed by atoms with van der Waals surface area (Å²) in [7, 11) is 0. The Labute approximate surface area is 165 Å². The molecule has 0 N–H and O–H groups in total. The van der Waals surface area contributed by atoms with E-state index in [1.807, 2.05) is 6.26 Å². The number of nitrogens with zero attached hydrogens (tertiary/aromatic N) is 4. The lowest BCUT2D eigenvalue weighted by molar-refractivity contribution is -0.141. The largest absolute Gasteiger partial charge is 0.376 e. The van der Waals surface area contributed by atoms with Crippen LogP contribution in [0.25, 0.3) is 0 Å².